The van der Waals surface area contributed by atoms with E-state index in [-0.39, 0.29) is 25.5 Å². The summed E-state index contributed by atoms with van der Waals surface area (Å²) in [5.41, 5.74) is 8.45. The van der Waals surface area contributed by atoms with Crippen molar-refractivity contribution in [2.24, 2.45) is 0 Å². The van der Waals surface area contributed by atoms with Crippen LogP contribution in [0.2, 0.25) is 0 Å². The van der Waals surface area contributed by atoms with Crippen molar-refractivity contribution in [3.63, 3.8) is 0 Å². The number of carboxylic acids is 1. The maximum absolute atomic E-state index is 7.53. The molecule has 153 valence electrons. The number of carboxylic acid groups (broad SMARTS) is 1. The van der Waals surface area contributed by atoms with E-state index in [1.807, 2.05) is 12.1 Å². The summed E-state index contributed by atoms with van der Waals surface area (Å²) in [6.45, 7) is 5.80. The molecule has 1 aromatic heterocycles. The molecule has 1 aliphatic carbocycles. The zero-order valence-electron chi connectivity index (χ0n) is 17.1. The SMILES string of the molecule is CC(O)=[OH+].CC1(C)c2ccccc2-c2c[c-]c(-c3ccc4ccccc4n3)cc21.[Ir]. The number of aliphatic hydroxyl groups excluding tert-OH is 1. The molecule has 5 rings (SSSR count). The third kappa shape index (κ3) is 3.94. The summed E-state index contributed by atoms with van der Waals surface area (Å²) in [5, 5.41) is 8.69. The minimum Gasteiger partial charge on any atom is -0.339 e. The van der Waals surface area contributed by atoms with Crippen molar-refractivity contribution < 1.29 is 30.0 Å². The van der Waals surface area contributed by atoms with Gasteiger partial charge in [0, 0.05) is 20.1 Å². The van der Waals surface area contributed by atoms with E-state index in [4.69, 9.17) is 14.9 Å². The van der Waals surface area contributed by atoms with Crippen LogP contribution in [0.25, 0.3) is 33.3 Å². The molecule has 4 heteroatoms. The molecule has 0 bridgehead atoms. The number of rotatable bonds is 1. The Morgan fingerprint density at radius 2 is 1.60 bits per heavy atom. The molecule has 0 fully saturated rings. The predicted octanol–water partition coefficient (Wildman–Crippen LogP) is 6.07. The van der Waals surface area contributed by atoms with Crippen molar-refractivity contribution in [3.05, 3.63) is 90.0 Å². The van der Waals surface area contributed by atoms with Crippen molar-refractivity contribution in [3.8, 4) is 22.4 Å². The monoisotopic (exact) mass is 574 g/mol. The van der Waals surface area contributed by atoms with E-state index in [0.717, 1.165) is 16.8 Å². The summed E-state index contributed by atoms with van der Waals surface area (Å²) in [6, 6.07) is 29.0. The van der Waals surface area contributed by atoms with E-state index in [1.165, 1.54) is 34.6 Å². The Balaban J connectivity index is 0.000000473. The van der Waals surface area contributed by atoms with Crippen LogP contribution in [-0.4, -0.2) is 20.9 Å². The Morgan fingerprint density at radius 3 is 2.37 bits per heavy atom. The van der Waals surface area contributed by atoms with Gasteiger partial charge in [0.1, 0.15) is 0 Å². The van der Waals surface area contributed by atoms with Gasteiger partial charge in [0.25, 0.3) is 0 Å². The molecule has 1 heterocycles. The summed E-state index contributed by atoms with van der Waals surface area (Å²) >= 11 is 0. The first kappa shape index (κ1) is 21.9. The molecule has 30 heavy (non-hydrogen) atoms. The van der Waals surface area contributed by atoms with Crippen LogP contribution >= 0.6 is 0 Å². The normalized spacial score (nSPS) is 12.8. The summed E-state index contributed by atoms with van der Waals surface area (Å²) in [6.07, 6.45) is 0. The molecule has 3 aromatic carbocycles. The van der Waals surface area contributed by atoms with Crippen molar-refractivity contribution in [1.29, 1.82) is 0 Å². The van der Waals surface area contributed by atoms with Crippen molar-refractivity contribution in [2.75, 3.05) is 0 Å². The Morgan fingerprint density at radius 1 is 0.933 bits per heavy atom. The van der Waals surface area contributed by atoms with Crippen LogP contribution in [0, 0.1) is 6.07 Å². The Bertz CT molecular complexity index is 1230. The van der Waals surface area contributed by atoms with Gasteiger partial charge in [-0.1, -0.05) is 79.6 Å². The molecule has 2 N–H and O–H groups in total. The molecular formula is C26H23IrNO2. The summed E-state index contributed by atoms with van der Waals surface area (Å²) in [5.74, 6) is -0.583. The van der Waals surface area contributed by atoms with Crippen LogP contribution in [0.4, 0.5) is 0 Å². The Kier molecular flexibility index (Phi) is 6.21. The first-order chi connectivity index (χ1) is 13.9. The second kappa shape index (κ2) is 8.51. The number of benzene rings is 3. The predicted molar refractivity (Wildman–Crippen MR) is 119 cm³/mol. The van der Waals surface area contributed by atoms with Gasteiger partial charge in [-0.15, -0.1) is 29.3 Å². The van der Waals surface area contributed by atoms with Gasteiger partial charge >= 0.3 is 5.97 Å². The second-order valence-electron chi connectivity index (χ2n) is 7.78. The number of hydrogen-bond acceptors (Lipinski definition) is 1. The van der Waals surface area contributed by atoms with Crippen LogP contribution in [0.15, 0.2) is 72.8 Å². The maximum Gasteiger partial charge on any atom is 0.477 e. The van der Waals surface area contributed by atoms with E-state index in [1.54, 1.807) is 0 Å². The molecule has 4 aromatic rings. The van der Waals surface area contributed by atoms with Gasteiger partial charge in [0.2, 0.25) is 0 Å². The molecular weight excluding hydrogens is 551 g/mol. The molecule has 1 aliphatic rings. The smallest absolute Gasteiger partial charge is 0.339 e. The van der Waals surface area contributed by atoms with E-state index in [9.17, 15) is 0 Å². The molecule has 0 unspecified atom stereocenters. The number of nitrogens with zero attached hydrogens (tertiary/aromatic N) is 1. The van der Waals surface area contributed by atoms with Crippen molar-refractivity contribution in [2.45, 2.75) is 26.2 Å². The molecule has 3 nitrogen and oxygen atoms in total. The van der Waals surface area contributed by atoms with Gasteiger partial charge in [-0.05, 0) is 28.1 Å². The minimum absolute atomic E-state index is 0. The number of aliphatic carboxylic acids is 1. The van der Waals surface area contributed by atoms with Gasteiger partial charge in [0.05, 0.1) is 12.4 Å². The standard InChI is InChI=1S/C24H18N.C2H4O2.Ir/c1-24(2)20-9-5-4-8-18(20)19-13-11-17(15-21(19)24)23-14-12-16-7-3-6-10-22(16)25-23;1-2(3)4;/h3-10,12-15H,1-2H3;1H3,(H,3,4);/q-1;;/p+1. The Hall–Kier alpha value is -2.81. The van der Waals surface area contributed by atoms with Gasteiger partial charge in [-0.3, -0.25) is 4.98 Å². The second-order valence-corrected chi connectivity index (χ2v) is 7.78. The molecule has 0 saturated carbocycles. The molecule has 0 spiro atoms. The topological polar surface area (TPSA) is 54.5 Å². The molecule has 0 saturated heterocycles. The average Bonchev–Trinajstić information content (AvgIpc) is 2.94. The van der Waals surface area contributed by atoms with Crippen LogP contribution < -0.4 is 0 Å². The van der Waals surface area contributed by atoms with Crippen molar-refractivity contribution >= 4 is 16.9 Å². The van der Waals surface area contributed by atoms with Gasteiger partial charge < -0.3 is 9.90 Å². The fraction of sp³-hybridized carbons (Fsp3) is 0.154. The van der Waals surface area contributed by atoms with E-state index >= 15 is 0 Å². The fourth-order valence-corrected chi connectivity index (χ4v) is 4.00. The summed E-state index contributed by atoms with van der Waals surface area (Å²) < 4.78 is 0. The number of pyridine rings is 1. The third-order valence-corrected chi connectivity index (χ3v) is 5.39. The molecule has 1 radical (unpaired) electrons. The van der Waals surface area contributed by atoms with Gasteiger partial charge in [0.15, 0.2) is 0 Å². The summed E-state index contributed by atoms with van der Waals surface area (Å²) in [7, 11) is 0. The zero-order valence-corrected chi connectivity index (χ0v) is 19.5. The first-order valence-corrected chi connectivity index (χ1v) is 9.61. The van der Waals surface area contributed by atoms with Crippen LogP contribution in [0.5, 0.6) is 0 Å². The van der Waals surface area contributed by atoms with Crippen LogP contribution in [0.1, 0.15) is 31.9 Å². The molecule has 0 atom stereocenters. The Labute approximate surface area is 190 Å². The van der Waals surface area contributed by atoms with Crippen LogP contribution in [-0.2, 0) is 25.5 Å². The zero-order chi connectivity index (χ0) is 20.6. The maximum atomic E-state index is 7.53. The number of aromatic nitrogens is 1. The number of hydrogen-bond donors (Lipinski definition) is 1. The largest absolute Gasteiger partial charge is 0.477 e. The molecule has 0 aliphatic heterocycles. The van der Waals surface area contributed by atoms with E-state index in [0.29, 0.717) is 0 Å². The van der Waals surface area contributed by atoms with E-state index in [2.05, 4.69) is 80.6 Å². The van der Waals surface area contributed by atoms with Crippen molar-refractivity contribution in [1.82, 2.24) is 4.98 Å². The van der Waals surface area contributed by atoms with E-state index < -0.39 is 5.97 Å². The van der Waals surface area contributed by atoms with Gasteiger partial charge in [-0.25, -0.2) is 0 Å². The number of para-hydroxylation sites is 1. The summed E-state index contributed by atoms with van der Waals surface area (Å²) in [4.78, 5) is 12.4. The minimum atomic E-state index is -0.583. The fourth-order valence-electron chi connectivity index (χ4n) is 4.00. The first-order valence-electron chi connectivity index (χ1n) is 9.61. The van der Waals surface area contributed by atoms with Crippen LogP contribution in [0.3, 0.4) is 0 Å². The molecule has 0 amide bonds. The van der Waals surface area contributed by atoms with Gasteiger partial charge in [-0.2, -0.15) is 0 Å². The average molecular weight is 574 g/mol. The number of fused-ring (bicyclic) bond motifs is 4. The quantitative estimate of drug-likeness (QED) is 0.222. The third-order valence-electron chi connectivity index (χ3n) is 5.39.